The number of ether oxygens (including phenoxy) is 1. The number of aryl methyl sites for hydroxylation is 1. The normalized spacial score (nSPS) is 16.5. The molecule has 1 atom stereocenters. The minimum Gasteiger partial charge on any atom is -0.491 e. The number of nitrogens with zero attached hydrogens (tertiary/aromatic N) is 3. The number of hydrogen-bond donors (Lipinski definition) is 0. The second-order valence-corrected chi connectivity index (χ2v) is 10.4. The number of hydrogen-bond acceptors (Lipinski definition) is 6. The van der Waals surface area contributed by atoms with Crippen LogP contribution in [-0.4, -0.2) is 61.4 Å². The van der Waals surface area contributed by atoms with Crippen LogP contribution in [0.1, 0.15) is 12.8 Å². The number of likely N-dealkylation sites (N-methyl/N-ethyl adjacent to an activating group) is 1. The Labute approximate surface area is 196 Å². The third-order valence-electron chi connectivity index (χ3n) is 6.09. The van der Waals surface area contributed by atoms with E-state index in [-0.39, 0.29) is 34.6 Å². The maximum Gasteiger partial charge on any atom is 0.419 e. The molecular weight excluding hydrogens is 465 g/mol. The van der Waals surface area contributed by atoms with E-state index in [9.17, 15) is 22.4 Å². The number of oxazole rings is 1. The van der Waals surface area contributed by atoms with Gasteiger partial charge < -0.3 is 14.1 Å². The Morgan fingerprint density at radius 1 is 1.26 bits per heavy atom. The first kappa shape index (κ1) is 24.0. The standard InChI is InChI=1S/C23H26FN3O6S/c1-25(34(30,31)17-7-8-19-21(13-17)33-23(29)26(19)2)15-22(28)27-11-9-16(14-27)10-12-32-20-6-4-3-5-18(20)24/h3-8,13,16H,9-12,14-15H2,1-2H3. The number of carbonyl (C=O) groups is 1. The molecule has 1 amide bonds. The number of para-hydroxylation sites is 1. The van der Waals surface area contributed by atoms with Crippen molar-refractivity contribution >= 4 is 27.0 Å². The van der Waals surface area contributed by atoms with Gasteiger partial charge in [0.1, 0.15) is 0 Å². The molecule has 2 aromatic carbocycles. The van der Waals surface area contributed by atoms with Crippen LogP contribution >= 0.6 is 0 Å². The van der Waals surface area contributed by atoms with Gasteiger partial charge >= 0.3 is 5.76 Å². The van der Waals surface area contributed by atoms with Gasteiger partial charge in [-0.1, -0.05) is 12.1 Å². The Hall–Kier alpha value is -3.18. The van der Waals surface area contributed by atoms with Gasteiger partial charge in [-0.05, 0) is 43.0 Å². The Kier molecular flexibility index (Phi) is 6.76. The third kappa shape index (κ3) is 4.85. The van der Waals surface area contributed by atoms with E-state index in [1.165, 1.54) is 42.9 Å². The number of aromatic nitrogens is 1. The van der Waals surface area contributed by atoms with Gasteiger partial charge in [-0.2, -0.15) is 4.31 Å². The molecule has 0 saturated carbocycles. The Morgan fingerprint density at radius 2 is 2.03 bits per heavy atom. The fourth-order valence-corrected chi connectivity index (χ4v) is 5.16. The topological polar surface area (TPSA) is 102 Å². The lowest BCUT2D eigenvalue weighted by Crippen LogP contribution is -2.40. The Bertz CT molecular complexity index is 1370. The van der Waals surface area contributed by atoms with E-state index in [2.05, 4.69) is 0 Å². The summed E-state index contributed by atoms with van der Waals surface area (Å²) >= 11 is 0. The van der Waals surface area contributed by atoms with Crippen LogP contribution in [0.3, 0.4) is 0 Å². The Morgan fingerprint density at radius 3 is 2.79 bits per heavy atom. The lowest BCUT2D eigenvalue weighted by Gasteiger charge is -2.21. The van der Waals surface area contributed by atoms with Gasteiger partial charge in [-0.3, -0.25) is 9.36 Å². The van der Waals surface area contributed by atoms with Crippen molar-refractivity contribution in [3.63, 3.8) is 0 Å². The van der Waals surface area contributed by atoms with E-state index in [0.717, 1.165) is 10.7 Å². The fourth-order valence-electron chi connectivity index (χ4n) is 4.02. The first-order valence-electron chi connectivity index (χ1n) is 10.9. The zero-order valence-corrected chi connectivity index (χ0v) is 19.8. The molecule has 1 aromatic heterocycles. The van der Waals surface area contributed by atoms with Gasteiger partial charge in [0, 0.05) is 33.3 Å². The molecule has 0 bridgehead atoms. The molecule has 3 aromatic rings. The molecule has 2 heterocycles. The summed E-state index contributed by atoms with van der Waals surface area (Å²) in [5.74, 6) is -0.898. The number of halogens is 1. The van der Waals surface area contributed by atoms with Gasteiger partial charge in [0.25, 0.3) is 0 Å². The first-order chi connectivity index (χ1) is 16.2. The number of rotatable bonds is 8. The SMILES string of the molecule is CN(CC(=O)N1CCC(CCOc2ccccc2F)C1)S(=O)(=O)c1ccc2c(c1)oc(=O)n2C. The summed E-state index contributed by atoms with van der Waals surface area (Å²) in [6.45, 7) is 1.05. The van der Waals surface area contributed by atoms with Crippen LogP contribution in [0.5, 0.6) is 5.75 Å². The predicted molar refractivity (Wildman–Crippen MR) is 122 cm³/mol. The number of carbonyl (C=O) groups excluding carboxylic acids is 1. The summed E-state index contributed by atoms with van der Waals surface area (Å²) in [5, 5.41) is 0. The zero-order chi connectivity index (χ0) is 24.5. The third-order valence-corrected chi connectivity index (χ3v) is 7.89. The molecule has 1 unspecified atom stereocenters. The molecule has 34 heavy (non-hydrogen) atoms. The van der Waals surface area contributed by atoms with Crippen molar-refractivity contribution in [3.05, 3.63) is 58.8 Å². The fraction of sp³-hybridized carbons (Fsp3) is 0.391. The summed E-state index contributed by atoms with van der Waals surface area (Å²) in [5.41, 5.74) is 0.637. The van der Waals surface area contributed by atoms with Crippen LogP contribution in [0.2, 0.25) is 0 Å². The smallest absolute Gasteiger partial charge is 0.419 e. The number of fused-ring (bicyclic) bond motifs is 1. The van der Waals surface area contributed by atoms with Crippen LogP contribution in [0.15, 0.2) is 56.6 Å². The average molecular weight is 492 g/mol. The van der Waals surface area contributed by atoms with Crippen LogP contribution in [0.4, 0.5) is 4.39 Å². The molecule has 1 aliphatic heterocycles. The van der Waals surface area contributed by atoms with Gasteiger partial charge in [0.05, 0.1) is 23.6 Å². The monoisotopic (exact) mass is 491 g/mol. The second kappa shape index (κ2) is 9.59. The highest BCUT2D eigenvalue weighted by atomic mass is 32.2. The summed E-state index contributed by atoms with van der Waals surface area (Å²) in [6, 6.07) is 10.4. The van der Waals surface area contributed by atoms with Gasteiger partial charge in [0.15, 0.2) is 17.1 Å². The molecule has 1 saturated heterocycles. The van der Waals surface area contributed by atoms with Crippen LogP contribution in [0.25, 0.3) is 11.1 Å². The highest BCUT2D eigenvalue weighted by Crippen LogP contribution is 2.23. The molecule has 1 fully saturated rings. The highest BCUT2D eigenvalue weighted by Gasteiger charge is 2.30. The minimum atomic E-state index is -3.96. The zero-order valence-electron chi connectivity index (χ0n) is 18.9. The summed E-state index contributed by atoms with van der Waals surface area (Å²) in [7, 11) is -1.09. The van der Waals surface area contributed by atoms with Crippen molar-refractivity contribution in [1.82, 2.24) is 13.8 Å². The van der Waals surface area contributed by atoms with Gasteiger partial charge in [-0.15, -0.1) is 0 Å². The van der Waals surface area contributed by atoms with Crippen LogP contribution < -0.4 is 10.5 Å². The summed E-state index contributed by atoms with van der Waals surface area (Å²) < 4.78 is 52.4. The Balaban J connectivity index is 1.32. The second-order valence-electron chi connectivity index (χ2n) is 8.38. The summed E-state index contributed by atoms with van der Waals surface area (Å²) in [4.78, 5) is 26.0. The molecular formula is C23H26FN3O6S. The maximum absolute atomic E-state index is 13.6. The molecule has 9 nitrogen and oxygen atoms in total. The maximum atomic E-state index is 13.6. The van der Waals surface area contributed by atoms with E-state index < -0.39 is 21.6 Å². The van der Waals surface area contributed by atoms with Gasteiger partial charge in [0.2, 0.25) is 15.9 Å². The van der Waals surface area contributed by atoms with Crippen LogP contribution in [-0.2, 0) is 21.9 Å². The van der Waals surface area contributed by atoms with E-state index in [0.29, 0.717) is 31.6 Å². The van der Waals surface area contributed by atoms with Gasteiger partial charge in [-0.25, -0.2) is 17.6 Å². The summed E-state index contributed by atoms with van der Waals surface area (Å²) in [6.07, 6.45) is 1.43. The van der Waals surface area contributed by atoms with E-state index >= 15 is 0 Å². The molecule has 1 aliphatic rings. The lowest BCUT2D eigenvalue weighted by molar-refractivity contribution is -0.130. The number of benzene rings is 2. The van der Waals surface area contributed by atoms with Crippen molar-refractivity contribution in [3.8, 4) is 5.75 Å². The van der Waals surface area contributed by atoms with Crippen molar-refractivity contribution in [1.29, 1.82) is 0 Å². The molecule has 182 valence electrons. The van der Waals surface area contributed by atoms with Crippen molar-refractivity contribution < 1.29 is 26.8 Å². The molecule has 0 aliphatic carbocycles. The highest BCUT2D eigenvalue weighted by molar-refractivity contribution is 7.89. The van der Waals surface area contributed by atoms with Crippen molar-refractivity contribution in [2.75, 3.05) is 33.3 Å². The average Bonchev–Trinajstić information content (AvgIpc) is 3.39. The number of amides is 1. The largest absolute Gasteiger partial charge is 0.491 e. The minimum absolute atomic E-state index is 0.0609. The molecule has 11 heteroatoms. The molecule has 0 spiro atoms. The predicted octanol–water partition coefficient (Wildman–Crippen LogP) is 2.21. The van der Waals surface area contributed by atoms with Crippen LogP contribution in [0, 0.1) is 11.7 Å². The number of likely N-dealkylation sites (tertiary alicyclic amines) is 1. The van der Waals surface area contributed by atoms with E-state index in [1.807, 2.05) is 0 Å². The van der Waals surface area contributed by atoms with Crippen molar-refractivity contribution in [2.24, 2.45) is 13.0 Å². The molecule has 0 radical (unpaired) electrons. The molecule has 4 rings (SSSR count). The lowest BCUT2D eigenvalue weighted by atomic mass is 10.1. The number of sulfonamides is 1. The van der Waals surface area contributed by atoms with Crippen molar-refractivity contribution in [2.45, 2.75) is 17.7 Å². The van der Waals surface area contributed by atoms with E-state index in [1.54, 1.807) is 23.1 Å². The first-order valence-corrected chi connectivity index (χ1v) is 12.3. The van der Waals surface area contributed by atoms with E-state index in [4.69, 9.17) is 9.15 Å². The quantitative estimate of drug-likeness (QED) is 0.479. The molecule has 0 N–H and O–H groups in total.